The molecule has 3 nitrogen and oxygen atoms in total. The van der Waals surface area contributed by atoms with E-state index in [4.69, 9.17) is 0 Å². The monoisotopic (exact) mass is 259 g/mol. The molecule has 1 aromatic heterocycles. The van der Waals surface area contributed by atoms with Crippen LogP contribution in [0.15, 0.2) is 18.3 Å². The van der Waals surface area contributed by atoms with Crippen LogP contribution in [0, 0.1) is 5.92 Å². The van der Waals surface area contributed by atoms with Crippen molar-refractivity contribution < 1.29 is 0 Å². The molecule has 1 saturated carbocycles. The van der Waals surface area contributed by atoms with Crippen molar-refractivity contribution in [2.24, 2.45) is 5.92 Å². The number of rotatable bonds is 0. The first kappa shape index (κ1) is 12.9. The highest BCUT2D eigenvalue weighted by Crippen LogP contribution is 2.41. The van der Waals surface area contributed by atoms with Crippen molar-refractivity contribution in [1.82, 2.24) is 9.88 Å². The second-order valence-electron chi connectivity index (χ2n) is 6.18. The summed E-state index contributed by atoms with van der Waals surface area (Å²) in [4.78, 5) is 9.11. The molecule has 0 aromatic carbocycles. The van der Waals surface area contributed by atoms with E-state index in [1.165, 1.54) is 50.2 Å². The van der Waals surface area contributed by atoms with E-state index in [2.05, 4.69) is 34.9 Å². The number of anilines is 1. The number of nitrogens with zero attached hydrogens (tertiary/aromatic N) is 3. The van der Waals surface area contributed by atoms with Gasteiger partial charge in [0.05, 0.1) is 11.4 Å². The van der Waals surface area contributed by atoms with E-state index in [0.717, 1.165) is 18.4 Å². The van der Waals surface area contributed by atoms with Crippen LogP contribution in [0.5, 0.6) is 0 Å². The lowest BCUT2D eigenvalue weighted by Crippen LogP contribution is -2.26. The maximum atomic E-state index is 4.33. The summed E-state index contributed by atoms with van der Waals surface area (Å²) in [6.07, 6.45) is 8.70. The molecule has 4 rings (SSSR count). The van der Waals surface area contributed by atoms with Crippen molar-refractivity contribution in [2.45, 2.75) is 38.1 Å². The molecule has 19 heavy (non-hydrogen) atoms. The quantitative estimate of drug-likeness (QED) is 0.714. The van der Waals surface area contributed by atoms with Crippen LogP contribution in [0.2, 0.25) is 0 Å². The van der Waals surface area contributed by atoms with Gasteiger partial charge >= 0.3 is 0 Å². The van der Waals surface area contributed by atoms with Crippen LogP contribution in [0.25, 0.3) is 0 Å². The van der Waals surface area contributed by atoms with Gasteiger partial charge in [-0.25, -0.2) is 0 Å². The maximum Gasteiger partial charge on any atom is 0.0637 e. The fourth-order valence-corrected chi connectivity index (χ4v) is 3.42. The molecule has 1 saturated heterocycles. The summed E-state index contributed by atoms with van der Waals surface area (Å²) in [5.41, 5.74) is 2.56. The third-order valence-electron chi connectivity index (χ3n) is 4.72. The Bertz CT molecular complexity index is 432. The van der Waals surface area contributed by atoms with Gasteiger partial charge in [-0.2, -0.15) is 0 Å². The predicted octanol–water partition coefficient (Wildman–Crippen LogP) is 2.56. The zero-order valence-corrected chi connectivity index (χ0v) is 12.2. The van der Waals surface area contributed by atoms with Gasteiger partial charge in [0.15, 0.2) is 0 Å². The summed E-state index contributed by atoms with van der Waals surface area (Å²) in [5.74, 6) is 1.11. The van der Waals surface area contributed by atoms with E-state index in [0.29, 0.717) is 0 Å². The van der Waals surface area contributed by atoms with E-state index in [1.807, 2.05) is 12.3 Å². The minimum atomic E-state index is 1.00. The van der Waals surface area contributed by atoms with Crippen LogP contribution in [0.1, 0.15) is 31.4 Å². The lowest BCUT2D eigenvalue weighted by molar-refractivity contribution is 0.263. The Labute approximate surface area is 116 Å². The standard InChI is InChI=1S/C9H12N2.C7H13N/c1-11-7-3-4-8-9(11)5-2-6-10-8;1-8-4-2-3-6-5-7(6)8/h2,5-6H,3-4,7H2,1H3;6-7H,2-5H2,1H3. The Morgan fingerprint density at radius 2 is 2.11 bits per heavy atom. The molecular weight excluding hydrogens is 234 g/mol. The largest absolute Gasteiger partial charge is 0.373 e. The van der Waals surface area contributed by atoms with Crippen molar-refractivity contribution in [3.63, 3.8) is 0 Å². The number of fused-ring (bicyclic) bond motifs is 2. The number of aromatic nitrogens is 1. The van der Waals surface area contributed by atoms with E-state index in [9.17, 15) is 0 Å². The number of aryl methyl sites for hydroxylation is 1. The lowest BCUT2D eigenvalue weighted by Gasteiger charge is -2.25. The summed E-state index contributed by atoms with van der Waals surface area (Å²) in [6.45, 7) is 2.51. The topological polar surface area (TPSA) is 19.4 Å². The van der Waals surface area contributed by atoms with E-state index in [1.54, 1.807) is 0 Å². The highest BCUT2D eigenvalue weighted by Gasteiger charge is 2.41. The van der Waals surface area contributed by atoms with Gasteiger partial charge in [-0.3, -0.25) is 4.98 Å². The van der Waals surface area contributed by atoms with E-state index >= 15 is 0 Å². The van der Waals surface area contributed by atoms with Gasteiger partial charge in [0, 0.05) is 25.8 Å². The SMILES string of the molecule is CN1CCCC2CC21.CN1CCCc2ncccc21. The van der Waals surface area contributed by atoms with E-state index < -0.39 is 0 Å². The molecule has 0 bridgehead atoms. The van der Waals surface area contributed by atoms with Gasteiger partial charge in [0.25, 0.3) is 0 Å². The average Bonchev–Trinajstić information content (AvgIpc) is 3.21. The summed E-state index contributed by atoms with van der Waals surface area (Å²) in [7, 11) is 4.38. The summed E-state index contributed by atoms with van der Waals surface area (Å²) in [6, 6.07) is 5.14. The molecular formula is C16H25N3. The van der Waals surface area contributed by atoms with Crippen molar-refractivity contribution in [3.05, 3.63) is 24.0 Å². The van der Waals surface area contributed by atoms with Crippen molar-refractivity contribution in [3.8, 4) is 0 Å². The first-order valence-corrected chi connectivity index (χ1v) is 7.61. The number of hydrogen-bond acceptors (Lipinski definition) is 3. The second-order valence-corrected chi connectivity index (χ2v) is 6.18. The maximum absolute atomic E-state index is 4.33. The lowest BCUT2D eigenvalue weighted by atomic mass is 10.1. The van der Waals surface area contributed by atoms with Gasteiger partial charge in [-0.15, -0.1) is 0 Å². The first-order valence-electron chi connectivity index (χ1n) is 7.61. The third kappa shape index (κ3) is 2.92. The molecule has 2 atom stereocenters. The predicted molar refractivity (Wildman–Crippen MR) is 79.6 cm³/mol. The second kappa shape index (κ2) is 5.49. The molecule has 0 radical (unpaired) electrons. The fourth-order valence-electron chi connectivity index (χ4n) is 3.42. The van der Waals surface area contributed by atoms with Crippen LogP contribution in [0.4, 0.5) is 5.69 Å². The normalized spacial score (nSPS) is 28.8. The molecule has 1 aromatic rings. The molecule has 2 fully saturated rings. The first-order chi connectivity index (χ1) is 9.25. The molecule has 1 aliphatic carbocycles. The minimum Gasteiger partial charge on any atom is -0.373 e. The minimum absolute atomic E-state index is 1.00. The van der Waals surface area contributed by atoms with Gasteiger partial charge in [-0.05, 0) is 63.7 Å². The van der Waals surface area contributed by atoms with Crippen LogP contribution >= 0.6 is 0 Å². The molecule has 0 N–H and O–H groups in total. The molecule has 104 valence electrons. The van der Waals surface area contributed by atoms with Gasteiger partial charge in [-0.1, -0.05) is 0 Å². The zero-order chi connectivity index (χ0) is 13.2. The number of piperidine rings is 1. The van der Waals surface area contributed by atoms with Crippen molar-refractivity contribution in [1.29, 1.82) is 0 Å². The Hall–Kier alpha value is -1.09. The summed E-state index contributed by atoms with van der Waals surface area (Å²) >= 11 is 0. The molecule has 3 heterocycles. The van der Waals surface area contributed by atoms with Crippen LogP contribution in [-0.2, 0) is 6.42 Å². The van der Waals surface area contributed by atoms with Crippen molar-refractivity contribution >= 4 is 5.69 Å². The van der Waals surface area contributed by atoms with Crippen LogP contribution in [-0.4, -0.2) is 43.1 Å². The van der Waals surface area contributed by atoms with E-state index in [-0.39, 0.29) is 0 Å². The fraction of sp³-hybridized carbons (Fsp3) is 0.688. The molecule has 0 amide bonds. The molecule has 3 heteroatoms. The average molecular weight is 259 g/mol. The number of pyridine rings is 1. The van der Waals surface area contributed by atoms with Crippen LogP contribution < -0.4 is 4.90 Å². The van der Waals surface area contributed by atoms with Gasteiger partial charge in [0.1, 0.15) is 0 Å². The third-order valence-corrected chi connectivity index (χ3v) is 4.72. The zero-order valence-electron chi connectivity index (χ0n) is 12.2. The smallest absolute Gasteiger partial charge is 0.0637 e. The number of hydrogen-bond donors (Lipinski definition) is 0. The highest BCUT2D eigenvalue weighted by molar-refractivity contribution is 5.51. The number of likely N-dealkylation sites (tertiary alicyclic amines) is 1. The Balaban J connectivity index is 0.000000122. The summed E-state index contributed by atoms with van der Waals surface area (Å²) < 4.78 is 0. The van der Waals surface area contributed by atoms with Gasteiger partial charge < -0.3 is 9.80 Å². The molecule has 2 unspecified atom stereocenters. The Morgan fingerprint density at radius 3 is 2.84 bits per heavy atom. The molecule has 0 spiro atoms. The summed E-state index contributed by atoms with van der Waals surface area (Å²) in [5, 5.41) is 0. The van der Waals surface area contributed by atoms with Crippen LogP contribution in [0.3, 0.4) is 0 Å². The highest BCUT2D eigenvalue weighted by atomic mass is 15.2. The Morgan fingerprint density at radius 1 is 1.21 bits per heavy atom. The van der Waals surface area contributed by atoms with Gasteiger partial charge in [0.2, 0.25) is 0 Å². The molecule has 3 aliphatic rings. The Kier molecular flexibility index (Phi) is 3.74. The molecule has 2 aliphatic heterocycles. The van der Waals surface area contributed by atoms with Crippen molar-refractivity contribution in [2.75, 3.05) is 32.1 Å².